The molecule has 0 radical (unpaired) electrons. The number of carbonyl (C=O) groups is 5. The van der Waals surface area contributed by atoms with E-state index in [1.165, 1.54) is 0 Å². The molecule has 16 heteroatoms. The van der Waals surface area contributed by atoms with Gasteiger partial charge in [-0.1, -0.05) is 48.0 Å². The number of fused-ring (bicyclic) bond motifs is 2. The van der Waals surface area contributed by atoms with E-state index in [2.05, 4.69) is 20.9 Å². The molecule has 3 heterocycles. The number of methoxy groups -OCH3 is 1. The number of halogens is 1. The summed E-state index contributed by atoms with van der Waals surface area (Å²) < 4.78 is 22.2. The Morgan fingerprint density at radius 2 is 1.63 bits per heavy atom. The molecular weight excluding hydrogens is 852 g/mol. The van der Waals surface area contributed by atoms with Crippen LogP contribution in [0.5, 0.6) is 11.5 Å². The monoisotopic (exact) mass is 916 g/mol. The Balaban J connectivity index is 0.000000423. The number of nitrogens with zero attached hydrogens (tertiary/aromatic N) is 2. The minimum absolute atomic E-state index is 0.0456. The maximum absolute atomic E-state index is 13.8. The van der Waals surface area contributed by atoms with Crippen molar-refractivity contribution in [1.82, 2.24) is 30.7 Å². The third kappa shape index (κ3) is 15.4. The summed E-state index contributed by atoms with van der Waals surface area (Å²) in [6.07, 6.45) is 5.08. The number of H-pyrrole nitrogens is 1. The van der Waals surface area contributed by atoms with E-state index < -0.39 is 11.5 Å². The van der Waals surface area contributed by atoms with Crippen molar-refractivity contribution in [3.8, 4) is 11.5 Å². The molecule has 65 heavy (non-hydrogen) atoms. The number of alkyl carbamates (subject to hydrolysis) is 1. The van der Waals surface area contributed by atoms with Gasteiger partial charge in [-0.05, 0) is 107 Å². The van der Waals surface area contributed by atoms with Crippen molar-refractivity contribution < 1.29 is 42.9 Å². The van der Waals surface area contributed by atoms with Gasteiger partial charge in [-0.3, -0.25) is 19.2 Å². The zero-order chi connectivity index (χ0) is 46.9. The first kappa shape index (κ1) is 50.2. The Morgan fingerprint density at radius 3 is 2.35 bits per heavy atom. The van der Waals surface area contributed by atoms with E-state index in [-0.39, 0.29) is 54.7 Å². The molecule has 2 aliphatic rings. The largest absolute Gasteiger partial charge is 0.493 e. The van der Waals surface area contributed by atoms with E-state index in [1.54, 1.807) is 35.1 Å². The molecule has 0 saturated carbocycles. The third-order valence-electron chi connectivity index (χ3n) is 11.1. The van der Waals surface area contributed by atoms with Gasteiger partial charge in [-0.25, -0.2) is 4.79 Å². The van der Waals surface area contributed by atoms with Crippen LogP contribution in [0.25, 0.3) is 10.9 Å². The molecule has 3 unspecified atom stereocenters. The van der Waals surface area contributed by atoms with E-state index in [1.807, 2.05) is 89.3 Å². The Kier molecular flexibility index (Phi) is 18.9. The molecule has 0 bridgehead atoms. The summed E-state index contributed by atoms with van der Waals surface area (Å²) in [7, 11) is 1.55. The molecule has 4 N–H and O–H groups in total. The summed E-state index contributed by atoms with van der Waals surface area (Å²) in [6, 6.07) is 20.6. The Labute approximate surface area is 387 Å². The molecule has 2 fully saturated rings. The molecule has 3 aromatic carbocycles. The molecule has 15 nitrogen and oxygen atoms in total. The van der Waals surface area contributed by atoms with Crippen LogP contribution >= 0.6 is 11.6 Å². The number of hydrogen-bond acceptors (Lipinski definition) is 9. The fourth-order valence-corrected chi connectivity index (χ4v) is 8.24. The van der Waals surface area contributed by atoms with Gasteiger partial charge in [0.05, 0.1) is 38.8 Å². The molecule has 6 rings (SSSR count). The minimum Gasteiger partial charge on any atom is -0.493 e. The summed E-state index contributed by atoms with van der Waals surface area (Å²) in [5, 5.41) is 9.87. The molecule has 1 aromatic heterocycles. The van der Waals surface area contributed by atoms with E-state index in [9.17, 15) is 24.0 Å². The summed E-state index contributed by atoms with van der Waals surface area (Å²) >= 11 is 6.17. The first-order valence-electron chi connectivity index (χ1n) is 22.4. The van der Waals surface area contributed by atoms with Gasteiger partial charge in [0.1, 0.15) is 5.60 Å². The van der Waals surface area contributed by atoms with Crippen LogP contribution in [0.2, 0.25) is 5.02 Å². The summed E-state index contributed by atoms with van der Waals surface area (Å²) in [4.78, 5) is 69.3. The number of piperidine rings is 1. The number of amides is 5. The minimum atomic E-state index is -0.479. The SMILES string of the molecule is CC(C)(C)OC(=O)NCCCCCNC=O.COc1cc(C(=O)N2CC3CN(C(=O)Cc4c[nH]c5cc(Cl)ccc45)CC(C(=O)NCCOCc4ccccc4)C3C2)ccc1OC(C)C. The molecule has 352 valence electrons. The Morgan fingerprint density at radius 1 is 0.877 bits per heavy atom. The fourth-order valence-electron chi connectivity index (χ4n) is 8.07. The molecule has 5 amide bonds. The fraction of sp³-hybridized carbons (Fsp3) is 0.490. The lowest BCUT2D eigenvalue weighted by Gasteiger charge is -2.39. The van der Waals surface area contributed by atoms with Crippen molar-refractivity contribution >= 4 is 52.7 Å². The Bertz CT molecular complexity index is 2190. The van der Waals surface area contributed by atoms with Crippen LogP contribution in [-0.2, 0) is 36.9 Å². The summed E-state index contributed by atoms with van der Waals surface area (Å²) in [5.41, 5.74) is 2.84. The molecule has 4 aromatic rings. The molecule has 0 spiro atoms. The van der Waals surface area contributed by atoms with Crippen LogP contribution in [0.3, 0.4) is 0 Å². The van der Waals surface area contributed by atoms with Crippen LogP contribution in [0.4, 0.5) is 4.79 Å². The second kappa shape index (κ2) is 24.5. The van der Waals surface area contributed by atoms with Crippen molar-refractivity contribution in [2.75, 3.05) is 59.5 Å². The quantitative estimate of drug-likeness (QED) is 0.0584. The Hall–Kier alpha value is -5.80. The molecule has 3 atom stereocenters. The van der Waals surface area contributed by atoms with Crippen LogP contribution in [-0.4, -0.2) is 116 Å². The van der Waals surface area contributed by atoms with Crippen molar-refractivity contribution in [2.24, 2.45) is 17.8 Å². The second-order valence-corrected chi connectivity index (χ2v) is 18.1. The smallest absolute Gasteiger partial charge is 0.407 e. The maximum atomic E-state index is 13.8. The van der Waals surface area contributed by atoms with Crippen LogP contribution < -0.4 is 25.4 Å². The highest BCUT2D eigenvalue weighted by Gasteiger charge is 2.48. The van der Waals surface area contributed by atoms with Gasteiger partial charge in [0.2, 0.25) is 18.2 Å². The van der Waals surface area contributed by atoms with Crippen LogP contribution in [0.15, 0.2) is 72.9 Å². The lowest BCUT2D eigenvalue weighted by Crippen LogP contribution is -2.53. The molecule has 2 aliphatic heterocycles. The number of ether oxygens (including phenoxy) is 4. The van der Waals surface area contributed by atoms with Crippen molar-refractivity contribution in [3.05, 3.63) is 94.6 Å². The van der Waals surface area contributed by atoms with E-state index >= 15 is 0 Å². The number of hydrogen-bond donors (Lipinski definition) is 4. The molecule has 2 saturated heterocycles. The number of likely N-dealkylation sites (tertiary alicyclic amines) is 2. The van der Waals surface area contributed by atoms with Gasteiger partial charge in [-0.2, -0.15) is 0 Å². The first-order valence-corrected chi connectivity index (χ1v) is 22.7. The van der Waals surface area contributed by atoms with Gasteiger partial charge in [-0.15, -0.1) is 0 Å². The zero-order valence-electron chi connectivity index (χ0n) is 38.5. The number of rotatable bonds is 19. The summed E-state index contributed by atoms with van der Waals surface area (Å²) in [6.45, 7) is 13.4. The van der Waals surface area contributed by atoms with Gasteiger partial charge in [0.15, 0.2) is 11.5 Å². The van der Waals surface area contributed by atoms with Crippen molar-refractivity contribution in [3.63, 3.8) is 0 Å². The van der Waals surface area contributed by atoms with Crippen LogP contribution in [0, 0.1) is 17.8 Å². The number of benzene rings is 3. The topological polar surface area (TPSA) is 181 Å². The van der Waals surface area contributed by atoms with Crippen LogP contribution in [0.1, 0.15) is 75.4 Å². The average molecular weight is 918 g/mol. The lowest BCUT2D eigenvalue weighted by molar-refractivity contribution is -0.138. The second-order valence-electron chi connectivity index (χ2n) is 17.6. The first-order chi connectivity index (χ1) is 31.1. The average Bonchev–Trinajstić information content (AvgIpc) is 3.89. The molecular formula is C49H65ClN6O9. The van der Waals surface area contributed by atoms with E-state index in [0.717, 1.165) is 41.3 Å². The normalized spacial score (nSPS) is 16.8. The maximum Gasteiger partial charge on any atom is 0.407 e. The van der Waals surface area contributed by atoms with E-state index in [4.69, 9.17) is 30.5 Å². The number of carbonyl (C=O) groups excluding carboxylic acids is 5. The van der Waals surface area contributed by atoms with Crippen molar-refractivity contribution in [1.29, 1.82) is 0 Å². The molecule has 0 aliphatic carbocycles. The standard InChI is InChI=1S/C38H43ClN4O6.C11H22N2O3/c1-24(2)49-34-12-9-26(15-35(34)47-3)38(46)43-20-28-19-42(36(44)16-27-18-41-33-17-29(39)10-11-30(27)33)22-32(31(28)21-43)37(45)40-13-14-48-23-25-7-5-4-6-8-25;1-11(2,3)16-10(15)13-8-6-4-5-7-12-9-14/h4-12,15,17-18,24,28,31-32,41H,13-14,16,19-23H2,1-3H3,(H,40,45);9H,4-8H2,1-3H3,(H,12,14)(H,13,15). The van der Waals surface area contributed by atoms with Crippen molar-refractivity contribution in [2.45, 2.75) is 78.6 Å². The number of nitrogens with one attached hydrogen (secondary N) is 4. The lowest BCUT2D eigenvalue weighted by atomic mass is 9.79. The van der Waals surface area contributed by atoms with E-state index in [0.29, 0.717) is 81.0 Å². The number of unbranched alkanes of at least 4 members (excludes halogenated alkanes) is 2. The van der Waals surface area contributed by atoms with Gasteiger partial charge in [0, 0.05) is 73.5 Å². The highest BCUT2D eigenvalue weighted by atomic mass is 35.5. The predicted molar refractivity (Wildman–Crippen MR) is 250 cm³/mol. The third-order valence-corrected chi connectivity index (χ3v) is 11.3. The van der Waals surface area contributed by atoms with Gasteiger partial charge in [0.25, 0.3) is 5.91 Å². The number of aromatic amines is 1. The highest BCUT2D eigenvalue weighted by molar-refractivity contribution is 6.31. The predicted octanol–water partition coefficient (Wildman–Crippen LogP) is 6.77. The van der Waals surface area contributed by atoms with Gasteiger partial charge < -0.3 is 49.7 Å². The zero-order valence-corrected chi connectivity index (χ0v) is 39.2. The highest BCUT2D eigenvalue weighted by Crippen LogP contribution is 2.38. The summed E-state index contributed by atoms with van der Waals surface area (Å²) in [5.74, 6) is 0.0794. The number of aromatic nitrogens is 1. The van der Waals surface area contributed by atoms with Gasteiger partial charge >= 0.3 is 6.09 Å².